The highest BCUT2D eigenvalue weighted by molar-refractivity contribution is 5.77. The number of nitrogens with zero attached hydrogens (tertiary/aromatic N) is 1. The van der Waals surface area contributed by atoms with Crippen LogP contribution in [-0.2, 0) is 10.2 Å². The minimum atomic E-state index is -0.841. The van der Waals surface area contributed by atoms with Crippen molar-refractivity contribution in [1.29, 1.82) is 0 Å². The van der Waals surface area contributed by atoms with E-state index in [9.17, 15) is 9.59 Å². The lowest BCUT2D eigenvalue weighted by Gasteiger charge is -2.29. The highest BCUT2D eigenvalue weighted by Gasteiger charge is 2.32. The van der Waals surface area contributed by atoms with E-state index in [0.717, 1.165) is 17.1 Å². The summed E-state index contributed by atoms with van der Waals surface area (Å²) >= 11 is 0. The predicted molar refractivity (Wildman–Crippen MR) is 91.2 cm³/mol. The summed E-state index contributed by atoms with van der Waals surface area (Å²) in [7, 11) is 0. The number of hydrogen-bond donors (Lipinski definition) is 2. The molecule has 7 nitrogen and oxygen atoms in total. The number of rotatable bonds is 4. The number of hydrogen-bond acceptors (Lipinski definition) is 4. The summed E-state index contributed by atoms with van der Waals surface area (Å²) in [5.74, 6) is 0.169. The number of carboxylic acids is 1. The quantitative estimate of drug-likeness (QED) is 0.867. The Hall–Kier alpha value is -2.44. The zero-order chi connectivity index (χ0) is 18.0. The van der Waals surface area contributed by atoms with Crippen LogP contribution < -0.4 is 14.8 Å². The van der Waals surface area contributed by atoms with Gasteiger partial charge in [-0.15, -0.1) is 0 Å². The van der Waals surface area contributed by atoms with E-state index in [4.69, 9.17) is 14.6 Å². The monoisotopic (exact) mass is 348 g/mol. The van der Waals surface area contributed by atoms with Gasteiger partial charge in [-0.2, -0.15) is 0 Å². The van der Waals surface area contributed by atoms with Crippen LogP contribution in [0.4, 0.5) is 4.79 Å². The third kappa shape index (κ3) is 3.81. The molecule has 0 aliphatic carbocycles. The van der Waals surface area contributed by atoms with Crippen LogP contribution in [0.5, 0.6) is 11.5 Å². The van der Waals surface area contributed by atoms with Gasteiger partial charge in [-0.25, -0.2) is 4.79 Å². The number of carbonyl (C=O) groups is 2. The van der Waals surface area contributed by atoms with E-state index in [-0.39, 0.29) is 18.0 Å². The average molecular weight is 348 g/mol. The first-order chi connectivity index (χ1) is 11.9. The van der Waals surface area contributed by atoms with Gasteiger partial charge in [0.1, 0.15) is 13.2 Å². The van der Waals surface area contributed by atoms with Crippen LogP contribution in [0.3, 0.4) is 0 Å². The minimum Gasteiger partial charge on any atom is -0.486 e. The molecule has 0 saturated carbocycles. The number of ether oxygens (including phenoxy) is 2. The third-order valence-corrected chi connectivity index (χ3v) is 4.83. The predicted octanol–water partition coefficient (Wildman–Crippen LogP) is 1.85. The Morgan fingerprint density at radius 2 is 2.00 bits per heavy atom. The van der Waals surface area contributed by atoms with Crippen molar-refractivity contribution < 1.29 is 24.2 Å². The summed E-state index contributed by atoms with van der Waals surface area (Å²) in [5.41, 5.74) is 0.749. The van der Waals surface area contributed by atoms with Crippen molar-refractivity contribution in [3.8, 4) is 11.5 Å². The Bertz CT molecular complexity index is 673. The Kier molecular flexibility index (Phi) is 4.74. The van der Waals surface area contributed by atoms with Crippen molar-refractivity contribution in [2.75, 3.05) is 32.8 Å². The topological polar surface area (TPSA) is 88.1 Å². The molecule has 2 aliphatic rings. The standard InChI is InChI=1S/C18H24N2O5/c1-18(2,13-3-4-14-15(9-13)25-8-7-24-14)11-19-17(23)20-6-5-12(10-20)16(21)22/h3-4,9,12H,5-8,10-11H2,1-2H3,(H,19,23)(H,21,22). The van der Waals surface area contributed by atoms with E-state index in [2.05, 4.69) is 5.32 Å². The van der Waals surface area contributed by atoms with Gasteiger partial charge in [0, 0.05) is 25.0 Å². The van der Waals surface area contributed by atoms with Crippen LogP contribution in [0.2, 0.25) is 0 Å². The fourth-order valence-corrected chi connectivity index (χ4v) is 3.12. The lowest BCUT2D eigenvalue weighted by Crippen LogP contribution is -2.44. The molecule has 1 atom stereocenters. The van der Waals surface area contributed by atoms with E-state index in [1.54, 1.807) is 4.90 Å². The first-order valence-electron chi connectivity index (χ1n) is 8.52. The first-order valence-corrected chi connectivity index (χ1v) is 8.52. The molecule has 0 radical (unpaired) electrons. The number of fused-ring (bicyclic) bond motifs is 1. The van der Waals surface area contributed by atoms with Gasteiger partial charge in [-0.3, -0.25) is 4.79 Å². The number of benzene rings is 1. The Labute approximate surface area is 146 Å². The molecule has 0 bridgehead atoms. The van der Waals surface area contributed by atoms with Crippen LogP contribution in [0.15, 0.2) is 18.2 Å². The van der Waals surface area contributed by atoms with Gasteiger partial charge in [0.2, 0.25) is 0 Å². The molecule has 25 heavy (non-hydrogen) atoms. The van der Waals surface area contributed by atoms with Crippen LogP contribution >= 0.6 is 0 Å². The second-order valence-corrected chi connectivity index (χ2v) is 7.17. The summed E-state index contributed by atoms with van der Waals surface area (Å²) < 4.78 is 11.2. The second-order valence-electron chi connectivity index (χ2n) is 7.17. The zero-order valence-corrected chi connectivity index (χ0v) is 14.6. The fraction of sp³-hybridized carbons (Fsp3) is 0.556. The van der Waals surface area contributed by atoms with E-state index >= 15 is 0 Å². The molecule has 2 heterocycles. The summed E-state index contributed by atoms with van der Waals surface area (Å²) in [5, 5.41) is 12.0. The van der Waals surface area contributed by atoms with Crippen LogP contribution in [-0.4, -0.2) is 54.9 Å². The van der Waals surface area contributed by atoms with Crippen molar-refractivity contribution >= 4 is 12.0 Å². The zero-order valence-electron chi connectivity index (χ0n) is 14.6. The molecular formula is C18H24N2O5. The van der Waals surface area contributed by atoms with Crippen molar-refractivity contribution in [3.05, 3.63) is 23.8 Å². The third-order valence-electron chi connectivity index (χ3n) is 4.83. The Morgan fingerprint density at radius 3 is 2.68 bits per heavy atom. The van der Waals surface area contributed by atoms with E-state index in [1.807, 2.05) is 32.0 Å². The molecule has 136 valence electrons. The molecule has 1 unspecified atom stereocenters. The molecule has 1 aromatic rings. The molecule has 1 fully saturated rings. The largest absolute Gasteiger partial charge is 0.486 e. The highest BCUT2D eigenvalue weighted by atomic mass is 16.6. The molecule has 0 spiro atoms. The van der Waals surface area contributed by atoms with Crippen molar-refractivity contribution in [1.82, 2.24) is 10.2 Å². The molecule has 7 heteroatoms. The maximum Gasteiger partial charge on any atom is 0.317 e. The number of nitrogens with one attached hydrogen (secondary N) is 1. The molecule has 3 rings (SSSR count). The van der Waals surface area contributed by atoms with Gasteiger partial charge in [0.05, 0.1) is 5.92 Å². The van der Waals surface area contributed by atoms with E-state index in [1.165, 1.54) is 0 Å². The lowest BCUT2D eigenvalue weighted by molar-refractivity contribution is -0.141. The van der Waals surface area contributed by atoms with Gasteiger partial charge in [0.25, 0.3) is 0 Å². The fourth-order valence-electron chi connectivity index (χ4n) is 3.12. The molecule has 2 amide bonds. The van der Waals surface area contributed by atoms with Crippen molar-refractivity contribution in [2.24, 2.45) is 5.92 Å². The molecule has 2 aliphatic heterocycles. The summed E-state index contributed by atoms with van der Waals surface area (Å²) in [6, 6.07) is 5.62. The molecule has 0 aromatic heterocycles. The van der Waals surface area contributed by atoms with E-state index in [0.29, 0.717) is 32.7 Å². The van der Waals surface area contributed by atoms with Gasteiger partial charge >= 0.3 is 12.0 Å². The van der Waals surface area contributed by atoms with Gasteiger partial charge < -0.3 is 24.8 Å². The van der Waals surface area contributed by atoms with Gasteiger partial charge in [-0.05, 0) is 24.1 Å². The highest BCUT2D eigenvalue weighted by Crippen LogP contribution is 2.35. The van der Waals surface area contributed by atoms with Crippen molar-refractivity contribution in [2.45, 2.75) is 25.7 Å². The van der Waals surface area contributed by atoms with E-state index < -0.39 is 11.9 Å². The number of carbonyl (C=O) groups excluding carboxylic acids is 1. The molecular weight excluding hydrogens is 324 g/mol. The molecule has 1 saturated heterocycles. The number of amides is 2. The Morgan fingerprint density at radius 1 is 1.28 bits per heavy atom. The minimum absolute atomic E-state index is 0.214. The first kappa shape index (κ1) is 17.4. The summed E-state index contributed by atoms with van der Waals surface area (Å²) in [6.45, 7) is 6.37. The Balaban J connectivity index is 1.60. The maximum atomic E-state index is 12.3. The summed E-state index contributed by atoms with van der Waals surface area (Å²) in [4.78, 5) is 24.9. The van der Waals surface area contributed by atoms with Crippen LogP contribution in [0.1, 0.15) is 25.8 Å². The SMILES string of the molecule is CC(C)(CNC(=O)N1CCC(C(=O)O)C1)c1ccc2c(c1)OCCO2. The lowest BCUT2D eigenvalue weighted by atomic mass is 9.84. The van der Waals surface area contributed by atoms with Gasteiger partial charge in [0.15, 0.2) is 11.5 Å². The molecule has 2 N–H and O–H groups in total. The smallest absolute Gasteiger partial charge is 0.317 e. The normalized spacial score (nSPS) is 19.6. The number of aliphatic carboxylic acids is 1. The molecule has 1 aromatic carbocycles. The summed E-state index contributed by atoms with van der Waals surface area (Å²) in [6.07, 6.45) is 0.508. The number of likely N-dealkylation sites (tertiary alicyclic amines) is 1. The van der Waals surface area contributed by atoms with Gasteiger partial charge in [-0.1, -0.05) is 19.9 Å². The average Bonchev–Trinajstić information content (AvgIpc) is 3.10. The maximum absolute atomic E-state index is 12.3. The van der Waals surface area contributed by atoms with Crippen molar-refractivity contribution in [3.63, 3.8) is 0 Å². The number of carboxylic acid groups (broad SMARTS) is 1. The van der Waals surface area contributed by atoms with Crippen LogP contribution in [0.25, 0.3) is 0 Å². The van der Waals surface area contributed by atoms with Crippen LogP contribution in [0, 0.1) is 5.92 Å². The number of urea groups is 1. The second kappa shape index (κ2) is 6.82.